The van der Waals surface area contributed by atoms with Crippen molar-refractivity contribution >= 4 is 11.9 Å². The topological polar surface area (TPSA) is 66.4 Å². The Hall–Kier alpha value is -1.50. The second kappa shape index (κ2) is 7.05. The van der Waals surface area contributed by atoms with Crippen LogP contribution < -0.4 is 5.32 Å². The maximum atomic E-state index is 12.1. The number of carbonyl (C=O) groups is 2. The zero-order valence-corrected chi connectivity index (χ0v) is 10.8. The molecule has 3 unspecified atom stereocenters. The average Bonchev–Trinajstić information content (AvgIpc) is 2.38. The van der Waals surface area contributed by atoms with Crippen LogP contribution in [0.1, 0.15) is 45.4 Å². The van der Waals surface area contributed by atoms with E-state index in [4.69, 9.17) is 11.5 Å². The standard InChI is InChI=1S/C14H21NO3/c1-3-7-10(4-2)15-13(16)11-8-5-6-9-12(11)14(17)18/h1,10-12H,4-9H2,2H3,(H,15,16)(H,17,18). The number of nitrogens with one attached hydrogen (secondary N) is 1. The highest BCUT2D eigenvalue weighted by Crippen LogP contribution is 2.30. The van der Waals surface area contributed by atoms with Crippen LogP contribution in [0.15, 0.2) is 0 Å². The molecule has 0 bridgehead atoms. The fourth-order valence-electron chi connectivity index (χ4n) is 2.49. The third-order valence-electron chi connectivity index (χ3n) is 3.62. The van der Waals surface area contributed by atoms with Gasteiger partial charge in [0.1, 0.15) is 0 Å². The summed E-state index contributed by atoms with van der Waals surface area (Å²) in [5.74, 6) is 0.580. The summed E-state index contributed by atoms with van der Waals surface area (Å²) in [6.07, 6.45) is 9.57. The van der Waals surface area contributed by atoms with E-state index in [0.29, 0.717) is 19.3 Å². The van der Waals surface area contributed by atoms with E-state index < -0.39 is 17.8 Å². The largest absolute Gasteiger partial charge is 0.481 e. The molecule has 0 aromatic carbocycles. The van der Waals surface area contributed by atoms with Crippen molar-refractivity contribution in [3.8, 4) is 12.3 Å². The Balaban J connectivity index is 2.63. The first kappa shape index (κ1) is 14.6. The van der Waals surface area contributed by atoms with Gasteiger partial charge in [0.15, 0.2) is 0 Å². The third-order valence-corrected chi connectivity index (χ3v) is 3.62. The van der Waals surface area contributed by atoms with Gasteiger partial charge in [-0.15, -0.1) is 12.3 Å². The smallest absolute Gasteiger partial charge is 0.307 e. The van der Waals surface area contributed by atoms with Crippen LogP contribution in [0.25, 0.3) is 0 Å². The van der Waals surface area contributed by atoms with Crippen molar-refractivity contribution in [1.82, 2.24) is 5.32 Å². The van der Waals surface area contributed by atoms with Gasteiger partial charge in [-0.25, -0.2) is 0 Å². The van der Waals surface area contributed by atoms with Crippen molar-refractivity contribution in [3.63, 3.8) is 0 Å². The Bertz CT molecular complexity index is 345. The summed E-state index contributed by atoms with van der Waals surface area (Å²) < 4.78 is 0. The minimum Gasteiger partial charge on any atom is -0.481 e. The van der Waals surface area contributed by atoms with E-state index in [2.05, 4.69) is 11.2 Å². The fourth-order valence-corrected chi connectivity index (χ4v) is 2.49. The van der Waals surface area contributed by atoms with E-state index in [1.807, 2.05) is 6.92 Å². The monoisotopic (exact) mass is 251 g/mol. The zero-order chi connectivity index (χ0) is 13.5. The lowest BCUT2D eigenvalue weighted by atomic mass is 9.78. The molecular formula is C14H21NO3. The SMILES string of the molecule is C#CCC(CC)NC(=O)C1CCCCC1C(=O)O. The Kier molecular flexibility index (Phi) is 5.70. The van der Waals surface area contributed by atoms with E-state index >= 15 is 0 Å². The Morgan fingerprint density at radius 3 is 2.50 bits per heavy atom. The van der Waals surface area contributed by atoms with Crippen molar-refractivity contribution < 1.29 is 14.7 Å². The number of carboxylic acid groups (broad SMARTS) is 1. The first-order chi connectivity index (χ1) is 8.60. The lowest BCUT2D eigenvalue weighted by Gasteiger charge is -2.28. The molecule has 100 valence electrons. The molecule has 18 heavy (non-hydrogen) atoms. The molecule has 4 nitrogen and oxygen atoms in total. The molecule has 0 radical (unpaired) electrons. The quantitative estimate of drug-likeness (QED) is 0.732. The maximum absolute atomic E-state index is 12.1. The maximum Gasteiger partial charge on any atom is 0.307 e. The van der Waals surface area contributed by atoms with Gasteiger partial charge in [-0.05, 0) is 19.3 Å². The molecule has 1 amide bonds. The number of hydrogen-bond acceptors (Lipinski definition) is 2. The molecule has 2 N–H and O–H groups in total. The van der Waals surface area contributed by atoms with Crippen molar-refractivity contribution in [3.05, 3.63) is 0 Å². The molecule has 0 saturated heterocycles. The van der Waals surface area contributed by atoms with Crippen molar-refractivity contribution in [2.75, 3.05) is 0 Å². The molecule has 3 atom stereocenters. The van der Waals surface area contributed by atoms with Gasteiger partial charge in [0.2, 0.25) is 5.91 Å². The molecule has 0 heterocycles. The van der Waals surface area contributed by atoms with Crippen LogP contribution in [0.4, 0.5) is 0 Å². The zero-order valence-electron chi connectivity index (χ0n) is 10.8. The molecule has 0 aromatic heterocycles. The van der Waals surface area contributed by atoms with E-state index in [9.17, 15) is 9.59 Å². The van der Waals surface area contributed by atoms with E-state index in [1.54, 1.807) is 0 Å². The summed E-state index contributed by atoms with van der Waals surface area (Å²) in [6, 6.07) is -0.0427. The first-order valence-corrected chi connectivity index (χ1v) is 6.56. The normalized spacial score (nSPS) is 24.9. The van der Waals surface area contributed by atoms with Crippen molar-refractivity contribution in [1.29, 1.82) is 0 Å². The van der Waals surface area contributed by atoms with Crippen molar-refractivity contribution in [2.24, 2.45) is 11.8 Å². The molecular weight excluding hydrogens is 230 g/mol. The molecule has 4 heteroatoms. The van der Waals surface area contributed by atoms with Gasteiger partial charge in [0, 0.05) is 12.5 Å². The van der Waals surface area contributed by atoms with Gasteiger partial charge in [0.05, 0.1) is 11.8 Å². The van der Waals surface area contributed by atoms with Crippen LogP contribution in [-0.2, 0) is 9.59 Å². The van der Waals surface area contributed by atoms with Crippen LogP contribution in [0.5, 0.6) is 0 Å². The van der Waals surface area contributed by atoms with Gasteiger partial charge in [-0.2, -0.15) is 0 Å². The highest BCUT2D eigenvalue weighted by Gasteiger charge is 2.36. The predicted octanol–water partition coefficient (Wildman–Crippen LogP) is 1.80. The molecule has 1 rings (SSSR count). The molecule has 1 aliphatic carbocycles. The number of carboxylic acids is 1. The fraction of sp³-hybridized carbons (Fsp3) is 0.714. The van der Waals surface area contributed by atoms with Crippen LogP contribution >= 0.6 is 0 Å². The average molecular weight is 251 g/mol. The summed E-state index contributed by atoms with van der Waals surface area (Å²) in [6.45, 7) is 1.96. The summed E-state index contributed by atoms with van der Waals surface area (Å²) in [4.78, 5) is 23.3. The molecule has 1 saturated carbocycles. The van der Waals surface area contributed by atoms with Crippen LogP contribution in [0.2, 0.25) is 0 Å². The summed E-state index contributed by atoms with van der Waals surface area (Å²) in [7, 11) is 0. The summed E-state index contributed by atoms with van der Waals surface area (Å²) in [5.41, 5.74) is 0. The lowest BCUT2D eigenvalue weighted by molar-refractivity contribution is -0.149. The van der Waals surface area contributed by atoms with Crippen molar-refractivity contribution in [2.45, 2.75) is 51.5 Å². The number of rotatable bonds is 5. The number of terminal acetylenes is 1. The van der Waals surface area contributed by atoms with Gasteiger partial charge in [-0.3, -0.25) is 9.59 Å². The number of aliphatic carboxylic acids is 1. The first-order valence-electron chi connectivity index (χ1n) is 6.56. The summed E-state index contributed by atoms with van der Waals surface area (Å²) >= 11 is 0. The van der Waals surface area contributed by atoms with Gasteiger partial charge in [0.25, 0.3) is 0 Å². The van der Waals surface area contributed by atoms with Gasteiger partial charge >= 0.3 is 5.97 Å². The molecule has 0 spiro atoms. The highest BCUT2D eigenvalue weighted by atomic mass is 16.4. The van der Waals surface area contributed by atoms with Crippen LogP contribution in [-0.4, -0.2) is 23.0 Å². The van der Waals surface area contributed by atoms with E-state index in [0.717, 1.165) is 19.3 Å². The molecule has 1 aliphatic rings. The molecule has 0 aliphatic heterocycles. The van der Waals surface area contributed by atoms with E-state index in [1.165, 1.54) is 0 Å². The van der Waals surface area contributed by atoms with Crippen LogP contribution in [0, 0.1) is 24.2 Å². The van der Waals surface area contributed by atoms with Gasteiger partial charge in [-0.1, -0.05) is 19.8 Å². The second-order valence-corrected chi connectivity index (χ2v) is 4.86. The Morgan fingerprint density at radius 1 is 1.39 bits per heavy atom. The highest BCUT2D eigenvalue weighted by molar-refractivity contribution is 5.85. The summed E-state index contributed by atoms with van der Waals surface area (Å²) in [5, 5.41) is 12.0. The third kappa shape index (κ3) is 3.76. The predicted molar refractivity (Wildman–Crippen MR) is 68.8 cm³/mol. The number of hydrogen-bond donors (Lipinski definition) is 2. The lowest BCUT2D eigenvalue weighted by Crippen LogP contribution is -2.43. The van der Waals surface area contributed by atoms with Gasteiger partial charge < -0.3 is 10.4 Å². The number of amides is 1. The Morgan fingerprint density at radius 2 is 2.00 bits per heavy atom. The van der Waals surface area contributed by atoms with E-state index in [-0.39, 0.29) is 11.9 Å². The number of carbonyl (C=O) groups excluding carboxylic acids is 1. The molecule has 0 aromatic rings. The minimum absolute atomic E-state index is 0.0427. The second-order valence-electron chi connectivity index (χ2n) is 4.86. The van der Waals surface area contributed by atoms with Crippen LogP contribution in [0.3, 0.4) is 0 Å². The molecule has 1 fully saturated rings. The minimum atomic E-state index is -0.861. The Labute approximate surface area is 108 Å².